The fourth-order valence-electron chi connectivity index (χ4n) is 2.11. The summed E-state index contributed by atoms with van der Waals surface area (Å²) in [6.45, 7) is 2.06. The smallest absolute Gasteiger partial charge is 0.115 e. The van der Waals surface area contributed by atoms with E-state index in [0.29, 0.717) is 6.42 Å². The number of anilines is 2. The van der Waals surface area contributed by atoms with E-state index in [4.69, 9.17) is 5.26 Å². The zero-order valence-corrected chi connectivity index (χ0v) is 11.7. The van der Waals surface area contributed by atoms with Gasteiger partial charge in [-0.15, -0.1) is 0 Å². The van der Waals surface area contributed by atoms with Crippen molar-refractivity contribution in [3.05, 3.63) is 54.1 Å². The second kappa shape index (κ2) is 6.12. The van der Waals surface area contributed by atoms with E-state index >= 15 is 0 Å². The van der Waals surface area contributed by atoms with Gasteiger partial charge < -0.3 is 10.0 Å². The number of aromatic hydroxyl groups is 1. The molecule has 0 fully saturated rings. The maximum Gasteiger partial charge on any atom is 0.115 e. The van der Waals surface area contributed by atoms with Gasteiger partial charge in [-0.05, 0) is 47.9 Å². The van der Waals surface area contributed by atoms with E-state index in [1.54, 1.807) is 12.1 Å². The Morgan fingerprint density at radius 3 is 2.05 bits per heavy atom. The molecule has 0 aliphatic rings. The summed E-state index contributed by atoms with van der Waals surface area (Å²) < 4.78 is 0. The summed E-state index contributed by atoms with van der Waals surface area (Å²) in [5, 5.41) is 18.0. The van der Waals surface area contributed by atoms with Gasteiger partial charge in [-0.1, -0.05) is 19.1 Å². The van der Waals surface area contributed by atoms with Gasteiger partial charge >= 0.3 is 0 Å². The molecule has 20 heavy (non-hydrogen) atoms. The summed E-state index contributed by atoms with van der Waals surface area (Å²) >= 11 is 0. The minimum Gasteiger partial charge on any atom is -0.508 e. The van der Waals surface area contributed by atoms with Crippen molar-refractivity contribution in [3.63, 3.8) is 0 Å². The topological polar surface area (TPSA) is 47.3 Å². The Hall–Kier alpha value is -2.47. The van der Waals surface area contributed by atoms with Crippen LogP contribution in [0, 0.1) is 11.3 Å². The average molecular weight is 266 g/mol. The Bertz CT molecular complexity index is 596. The molecule has 2 aromatic carbocycles. The molecule has 3 heteroatoms. The number of phenolic OH excluding ortho intramolecular Hbond substituents is 1. The predicted octanol–water partition coefficient (Wildman–Crippen LogP) is 4.18. The summed E-state index contributed by atoms with van der Waals surface area (Å²) in [7, 11) is 1.99. The number of nitriles is 1. The van der Waals surface area contributed by atoms with Crippen LogP contribution in [0.1, 0.15) is 24.8 Å². The standard InChI is InChI=1S/C17H18N2O/c1-13(11-12-18)14-3-5-15(6-4-14)19(2)16-7-9-17(20)10-8-16/h3-10,13,20H,11H2,1-2H3. The molecular weight excluding hydrogens is 248 g/mol. The van der Waals surface area contributed by atoms with Gasteiger partial charge in [0.1, 0.15) is 5.75 Å². The quantitative estimate of drug-likeness (QED) is 0.903. The number of nitrogens with zero attached hydrogens (tertiary/aromatic N) is 2. The largest absolute Gasteiger partial charge is 0.508 e. The lowest BCUT2D eigenvalue weighted by atomic mass is 9.98. The molecule has 1 unspecified atom stereocenters. The molecule has 2 rings (SSSR count). The molecule has 0 aliphatic heterocycles. The van der Waals surface area contributed by atoms with Gasteiger partial charge in [0.25, 0.3) is 0 Å². The third-order valence-electron chi connectivity index (χ3n) is 3.48. The molecule has 0 saturated heterocycles. The van der Waals surface area contributed by atoms with Gasteiger partial charge in [-0.3, -0.25) is 0 Å². The van der Waals surface area contributed by atoms with Crippen LogP contribution in [0.15, 0.2) is 48.5 Å². The zero-order valence-electron chi connectivity index (χ0n) is 11.7. The maximum atomic E-state index is 9.31. The van der Waals surface area contributed by atoms with Crippen LogP contribution < -0.4 is 4.90 Å². The van der Waals surface area contributed by atoms with E-state index in [1.165, 1.54) is 5.56 Å². The number of phenols is 1. The van der Waals surface area contributed by atoms with Crippen LogP contribution in [-0.2, 0) is 0 Å². The molecule has 0 heterocycles. The Morgan fingerprint density at radius 2 is 1.55 bits per heavy atom. The second-order valence-corrected chi connectivity index (χ2v) is 4.93. The summed E-state index contributed by atoms with van der Waals surface area (Å²) in [6.07, 6.45) is 0.535. The molecule has 0 radical (unpaired) electrons. The molecular formula is C17H18N2O. The van der Waals surface area contributed by atoms with Crippen molar-refractivity contribution < 1.29 is 5.11 Å². The zero-order chi connectivity index (χ0) is 14.5. The molecule has 0 spiro atoms. The third kappa shape index (κ3) is 3.10. The third-order valence-corrected chi connectivity index (χ3v) is 3.48. The summed E-state index contributed by atoms with van der Waals surface area (Å²) in [5.41, 5.74) is 3.26. The molecule has 102 valence electrons. The highest BCUT2D eigenvalue weighted by Gasteiger charge is 2.07. The monoisotopic (exact) mass is 266 g/mol. The molecule has 0 saturated carbocycles. The van der Waals surface area contributed by atoms with E-state index in [2.05, 4.69) is 42.2 Å². The highest BCUT2D eigenvalue weighted by molar-refractivity contribution is 5.63. The Labute approximate surface area is 119 Å². The minimum atomic E-state index is 0.257. The van der Waals surface area contributed by atoms with Crippen molar-refractivity contribution in [2.24, 2.45) is 0 Å². The Kier molecular flexibility index (Phi) is 4.27. The molecule has 2 aromatic rings. The lowest BCUT2D eigenvalue weighted by molar-refractivity contribution is 0.475. The van der Waals surface area contributed by atoms with Crippen LogP contribution in [0.5, 0.6) is 5.75 Å². The fraction of sp³-hybridized carbons (Fsp3) is 0.235. The first-order valence-electron chi connectivity index (χ1n) is 6.61. The fourth-order valence-corrected chi connectivity index (χ4v) is 2.11. The van der Waals surface area contributed by atoms with Crippen LogP contribution in [0.2, 0.25) is 0 Å². The van der Waals surface area contributed by atoms with E-state index in [9.17, 15) is 5.11 Å². The summed E-state index contributed by atoms with van der Waals surface area (Å²) in [6, 6.07) is 17.5. The van der Waals surface area contributed by atoms with Gasteiger partial charge in [0, 0.05) is 24.8 Å². The molecule has 0 amide bonds. The number of hydrogen-bond acceptors (Lipinski definition) is 3. The average Bonchev–Trinajstić information content (AvgIpc) is 2.48. The second-order valence-electron chi connectivity index (χ2n) is 4.93. The van der Waals surface area contributed by atoms with E-state index in [1.807, 2.05) is 19.2 Å². The van der Waals surface area contributed by atoms with Crippen molar-refractivity contribution in [1.82, 2.24) is 0 Å². The first-order chi connectivity index (χ1) is 9.61. The Morgan fingerprint density at radius 1 is 1.05 bits per heavy atom. The first kappa shape index (κ1) is 14.0. The lowest BCUT2D eigenvalue weighted by Crippen LogP contribution is -2.09. The van der Waals surface area contributed by atoms with Gasteiger partial charge in [0.15, 0.2) is 0 Å². The van der Waals surface area contributed by atoms with Crippen molar-refractivity contribution in [2.45, 2.75) is 19.3 Å². The van der Waals surface area contributed by atoms with Gasteiger partial charge in [-0.25, -0.2) is 0 Å². The van der Waals surface area contributed by atoms with Crippen LogP contribution >= 0.6 is 0 Å². The molecule has 0 aliphatic carbocycles. The number of hydrogen-bond donors (Lipinski definition) is 1. The summed E-state index contributed by atoms with van der Waals surface area (Å²) in [4.78, 5) is 2.05. The van der Waals surface area contributed by atoms with E-state index in [0.717, 1.165) is 11.4 Å². The Balaban J connectivity index is 2.17. The normalized spacial score (nSPS) is 11.7. The molecule has 1 atom stereocenters. The van der Waals surface area contributed by atoms with Gasteiger partial charge in [-0.2, -0.15) is 5.26 Å². The molecule has 3 nitrogen and oxygen atoms in total. The summed E-state index contributed by atoms with van der Waals surface area (Å²) in [5.74, 6) is 0.524. The van der Waals surface area contributed by atoms with Crippen LogP contribution in [-0.4, -0.2) is 12.2 Å². The molecule has 0 aromatic heterocycles. The van der Waals surface area contributed by atoms with Gasteiger partial charge in [0.05, 0.1) is 6.07 Å². The van der Waals surface area contributed by atoms with Crippen molar-refractivity contribution >= 4 is 11.4 Å². The van der Waals surface area contributed by atoms with Crippen LogP contribution in [0.3, 0.4) is 0 Å². The van der Waals surface area contributed by atoms with E-state index < -0.39 is 0 Å². The van der Waals surface area contributed by atoms with Crippen LogP contribution in [0.4, 0.5) is 11.4 Å². The maximum absolute atomic E-state index is 9.31. The van der Waals surface area contributed by atoms with Crippen molar-refractivity contribution in [1.29, 1.82) is 5.26 Å². The van der Waals surface area contributed by atoms with Crippen molar-refractivity contribution in [3.8, 4) is 11.8 Å². The first-order valence-corrected chi connectivity index (χ1v) is 6.61. The SMILES string of the molecule is CC(CC#N)c1ccc(N(C)c2ccc(O)cc2)cc1. The number of benzene rings is 2. The van der Waals surface area contributed by atoms with Crippen LogP contribution in [0.25, 0.3) is 0 Å². The molecule has 0 bridgehead atoms. The number of rotatable bonds is 4. The van der Waals surface area contributed by atoms with E-state index in [-0.39, 0.29) is 11.7 Å². The predicted molar refractivity (Wildman–Crippen MR) is 81.3 cm³/mol. The van der Waals surface area contributed by atoms with Crippen molar-refractivity contribution in [2.75, 3.05) is 11.9 Å². The highest BCUT2D eigenvalue weighted by Crippen LogP contribution is 2.27. The van der Waals surface area contributed by atoms with Gasteiger partial charge in [0.2, 0.25) is 0 Å². The lowest BCUT2D eigenvalue weighted by Gasteiger charge is -2.20. The minimum absolute atomic E-state index is 0.257. The molecule has 1 N–H and O–H groups in total. The highest BCUT2D eigenvalue weighted by atomic mass is 16.3.